The molecule has 1 aliphatic heterocycles. The van der Waals surface area contributed by atoms with Crippen molar-refractivity contribution in [2.24, 2.45) is 5.92 Å². The van der Waals surface area contributed by atoms with E-state index in [0.29, 0.717) is 5.88 Å². The Labute approximate surface area is 109 Å². The third-order valence-electron chi connectivity index (χ3n) is 2.71. The number of rotatable bonds is 4. The van der Waals surface area contributed by atoms with Crippen LogP contribution in [0.3, 0.4) is 0 Å². The van der Waals surface area contributed by atoms with Crippen LogP contribution in [0, 0.1) is 5.92 Å². The van der Waals surface area contributed by atoms with E-state index in [1.54, 1.807) is 0 Å². The van der Waals surface area contributed by atoms with Crippen molar-refractivity contribution in [1.29, 1.82) is 0 Å². The zero-order chi connectivity index (χ0) is 14.0. The van der Waals surface area contributed by atoms with Gasteiger partial charge in [-0.15, -0.1) is 3.89 Å². The number of nitrogens with zero attached hydrogens (tertiary/aromatic N) is 3. The van der Waals surface area contributed by atoms with Gasteiger partial charge in [0.1, 0.15) is 0 Å². The fourth-order valence-corrected chi connectivity index (χ4v) is 2.73. The van der Waals surface area contributed by atoms with Crippen LogP contribution in [0.25, 0.3) is 0 Å². The minimum absolute atomic E-state index is 0.0380. The lowest BCUT2D eigenvalue weighted by atomic mass is 10.1. The third-order valence-corrected chi connectivity index (χ3v) is 3.58. The molecule has 1 amide bonds. The van der Waals surface area contributed by atoms with Crippen LogP contribution >= 0.6 is 0 Å². The van der Waals surface area contributed by atoms with Gasteiger partial charge in [0.25, 0.3) is 0 Å². The summed E-state index contributed by atoms with van der Waals surface area (Å²) in [5.74, 6) is -1.17. The topological polar surface area (TPSA) is 89.5 Å². The van der Waals surface area contributed by atoms with Crippen molar-refractivity contribution in [3.05, 3.63) is 12.3 Å². The first kappa shape index (κ1) is 13.7. The van der Waals surface area contributed by atoms with Crippen LogP contribution in [0.1, 0.15) is 6.42 Å². The molecule has 2 heterocycles. The molecule has 1 aliphatic rings. The Bertz CT molecular complexity index is 592. The molecule has 1 saturated heterocycles. The zero-order valence-corrected chi connectivity index (χ0v) is 10.9. The van der Waals surface area contributed by atoms with Gasteiger partial charge < -0.3 is 4.74 Å². The van der Waals surface area contributed by atoms with Crippen LogP contribution in [0.4, 0.5) is 9.83 Å². The van der Waals surface area contributed by atoms with Gasteiger partial charge in [-0.05, 0) is 0 Å². The minimum atomic E-state index is -4.59. The summed E-state index contributed by atoms with van der Waals surface area (Å²) in [7, 11) is -3.17. The highest BCUT2D eigenvalue weighted by Gasteiger charge is 2.35. The van der Waals surface area contributed by atoms with Gasteiger partial charge in [0.05, 0.1) is 12.9 Å². The van der Waals surface area contributed by atoms with Gasteiger partial charge in [-0.2, -0.15) is 13.4 Å². The normalized spacial score (nSPS) is 19.8. The van der Waals surface area contributed by atoms with Crippen molar-refractivity contribution in [1.82, 2.24) is 9.97 Å². The van der Waals surface area contributed by atoms with E-state index in [1.807, 2.05) is 0 Å². The molecule has 1 atom stereocenters. The Balaban J connectivity index is 2.15. The number of halogens is 1. The van der Waals surface area contributed by atoms with Crippen LogP contribution in [0.2, 0.25) is 0 Å². The zero-order valence-electron chi connectivity index (χ0n) is 10.1. The molecule has 104 valence electrons. The molecule has 9 heteroatoms. The van der Waals surface area contributed by atoms with Crippen molar-refractivity contribution < 1.29 is 21.8 Å². The first-order valence-corrected chi connectivity index (χ1v) is 7.04. The Morgan fingerprint density at radius 1 is 1.58 bits per heavy atom. The average Bonchev–Trinajstić information content (AvgIpc) is 2.68. The summed E-state index contributed by atoms with van der Waals surface area (Å²) in [4.78, 5) is 20.9. The SMILES string of the molecule is COc1ccnc(N2CC(CS(=O)(=O)F)CC2=O)n1. The van der Waals surface area contributed by atoms with E-state index < -0.39 is 21.9 Å². The predicted molar refractivity (Wildman–Crippen MR) is 63.9 cm³/mol. The van der Waals surface area contributed by atoms with Gasteiger partial charge in [0.15, 0.2) is 0 Å². The van der Waals surface area contributed by atoms with Gasteiger partial charge in [0.2, 0.25) is 17.7 Å². The lowest BCUT2D eigenvalue weighted by molar-refractivity contribution is -0.117. The number of carbonyl (C=O) groups excluding carboxylic acids is 1. The van der Waals surface area contributed by atoms with Gasteiger partial charge in [-0.3, -0.25) is 9.69 Å². The third kappa shape index (κ3) is 3.37. The molecule has 1 unspecified atom stereocenters. The number of ether oxygens (including phenoxy) is 1. The second kappa shape index (κ2) is 5.08. The fraction of sp³-hybridized carbons (Fsp3) is 0.500. The summed E-state index contributed by atoms with van der Waals surface area (Å²) in [6, 6.07) is 1.52. The molecule has 0 saturated carbocycles. The summed E-state index contributed by atoms with van der Waals surface area (Å²) < 4.78 is 38.7. The lowest BCUT2D eigenvalue weighted by Gasteiger charge is -2.14. The van der Waals surface area contributed by atoms with Gasteiger partial charge >= 0.3 is 10.2 Å². The smallest absolute Gasteiger partial charge is 0.302 e. The molecule has 0 aromatic carbocycles. The first-order chi connectivity index (χ1) is 8.89. The number of hydrogen-bond donors (Lipinski definition) is 0. The molecule has 19 heavy (non-hydrogen) atoms. The summed E-state index contributed by atoms with van der Waals surface area (Å²) in [6.45, 7) is 0.0785. The highest BCUT2D eigenvalue weighted by Crippen LogP contribution is 2.24. The van der Waals surface area contributed by atoms with Crippen LogP contribution in [-0.4, -0.2) is 43.7 Å². The van der Waals surface area contributed by atoms with E-state index in [4.69, 9.17) is 4.74 Å². The molecule has 1 aromatic heterocycles. The quantitative estimate of drug-likeness (QED) is 0.732. The molecule has 1 fully saturated rings. The molecule has 0 N–H and O–H groups in total. The van der Waals surface area contributed by atoms with E-state index in [9.17, 15) is 17.1 Å². The monoisotopic (exact) mass is 289 g/mol. The fourth-order valence-electron chi connectivity index (χ4n) is 1.94. The average molecular weight is 289 g/mol. The highest BCUT2D eigenvalue weighted by molar-refractivity contribution is 7.86. The van der Waals surface area contributed by atoms with Gasteiger partial charge in [0, 0.05) is 31.1 Å². The molecule has 0 bridgehead atoms. The van der Waals surface area contributed by atoms with Crippen molar-refractivity contribution in [3.8, 4) is 5.88 Å². The molecule has 0 spiro atoms. The highest BCUT2D eigenvalue weighted by atomic mass is 32.3. The Kier molecular flexibility index (Phi) is 3.65. The molecule has 2 rings (SSSR count). The second-order valence-corrected chi connectivity index (χ2v) is 5.59. The number of carbonyl (C=O) groups is 1. The van der Waals surface area contributed by atoms with Gasteiger partial charge in [-0.1, -0.05) is 0 Å². The standard InChI is InChI=1S/C10H12FN3O4S/c1-18-8-2-3-12-10(13-8)14-5-7(4-9(14)15)6-19(11,16)17/h2-3,7H,4-6H2,1H3. The van der Waals surface area contributed by atoms with Crippen molar-refractivity contribution in [2.45, 2.75) is 6.42 Å². The second-order valence-electron chi connectivity index (χ2n) is 4.18. The summed E-state index contributed by atoms with van der Waals surface area (Å²) in [6.07, 6.45) is 1.39. The molecule has 7 nitrogen and oxygen atoms in total. The number of hydrogen-bond acceptors (Lipinski definition) is 6. The maximum atomic E-state index is 12.6. The van der Waals surface area contributed by atoms with Crippen LogP contribution in [0.5, 0.6) is 5.88 Å². The Morgan fingerprint density at radius 3 is 2.95 bits per heavy atom. The van der Waals surface area contributed by atoms with E-state index in [2.05, 4.69) is 9.97 Å². The van der Waals surface area contributed by atoms with Crippen molar-refractivity contribution >= 4 is 22.1 Å². The summed E-state index contributed by atoms with van der Waals surface area (Å²) >= 11 is 0. The predicted octanol–water partition coefficient (Wildman–Crippen LogP) is 0.137. The Morgan fingerprint density at radius 2 is 2.32 bits per heavy atom. The molecular formula is C10H12FN3O4S. The van der Waals surface area contributed by atoms with Crippen LogP contribution in [0.15, 0.2) is 12.3 Å². The maximum absolute atomic E-state index is 12.6. The largest absolute Gasteiger partial charge is 0.481 e. The molecule has 0 radical (unpaired) electrons. The number of aromatic nitrogens is 2. The Hall–Kier alpha value is -1.77. The molecular weight excluding hydrogens is 277 g/mol. The van der Waals surface area contributed by atoms with Gasteiger partial charge in [-0.25, -0.2) is 4.98 Å². The van der Waals surface area contributed by atoms with Crippen molar-refractivity contribution in [3.63, 3.8) is 0 Å². The lowest BCUT2D eigenvalue weighted by Crippen LogP contribution is -2.27. The van der Waals surface area contributed by atoms with Crippen molar-refractivity contribution in [2.75, 3.05) is 24.3 Å². The van der Waals surface area contributed by atoms with E-state index in [1.165, 1.54) is 24.3 Å². The number of amides is 1. The summed E-state index contributed by atoms with van der Waals surface area (Å²) in [5, 5.41) is 0. The first-order valence-electron chi connectivity index (χ1n) is 5.49. The number of anilines is 1. The van der Waals surface area contributed by atoms with Crippen LogP contribution in [-0.2, 0) is 15.0 Å². The minimum Gasteiger partial charge on any atom is -0.481 e. The van der Waals surface area contributed by atoms with E-state index in [0.717, 1.165) is 0 Å². The van der Waals surface area contributed by atoms with E-state index >= 15 is 0 Å². The van der Waals surface area contributed by atoms with Crippen LogP contribution < -0.4 is 9.64 Å². The molecule has 1 aromatic rings. The number of methoxy groups -OCH3 is 1. The summed E-state index contributed by atoms with van der Waals surface area (Å²) in [5.41, 5.74) is 0. The maximum Gasteiger partial charge on any atom is 0.302 e. The van der Waals surface area contributed by atoms with E-state index in [-0.39, 0.29) is 24.8 Å². The molecule has 0 aliphatic carbocycles.